The van der Waals surface area contributed by atoms with Crippen LogP contribution in [0.5, 0.6) is 0 Å². The van der Waals surface area contributed by atoms with Crippen LogP contribution in [-0.4, -0.2) is 9.97 Å². The normalized spacial score (nSPS) is 11.1. The molecule has 4 heteroatoms. The number of rotatable bonds is 2. The van der Waals surface area contributed by atoms with Gasteiger partial charge in [0.2, 0.25) is 0 Å². The van der Waals surface area contributed by atoms with Crippen molar-refractivity contribution in [3.05, 3.63) is 41.7 Å². The van der Waals surface area contributed by atoms with Crippen LogP contribution in [0.2, 0.25) is 0 Å². The average molecular weight is 229 g/mol. The van der Waals surface area contributed by atoms with Gasteiger partial charge in [0.15, 0.2) is 0 Å². The molecule has 0 saturated carbocycles. The van der Waals surface area contributed by atoms with Crippen molar-refractivity contribution in [3.8, 4) is 11.3 Å². The molecule has 16 heavy (non-hydrogen) atoms. The summed E-state index contributed by atoms with van der Waals surface area (Å²) < 4.78 is 1.29. The number of fused-ring (bicyclic) bond motifs is 1. The van der Waals surface area contributed by atoms with Gasteiger partial charge in [-0.25, -0.2) is 4.98 Å². The molecule has 0 unspecified atom stereocenters. The zero-order valence-corrected chi connectivity index (χ0v) is 9.42. The van der Waals surface area contributed by atoms with E-state index in [2.05, 4.69) is 39.6 Å². The van der Waals surface area contributed by atoms with Crippen molar-refractivity contribution >= 4 is 21.4 Å². The molecule has 0 spiro atoms. The predicted octanol–water partition coefficient (Wildman–Crippen LogP) is 2.75. The molecule has 3 nitrogen and oxygen atoms in total. The third kappa shape index (κ3) is 1.43. The monoisotopic (exact) mass is 229 g/mol. The summed E-state index contributed by atoms with van der Waals surface area (Å²) in [5.41, 5.74) is 7.78. The number of imidazole rings is 1. The first kappa shape index (κ1) is 9.57. The highest BCUT2D eigenvalue weighted by atomic mass is 32.1. The van der Waals surface area contributed by atoms with E-state index in [1.54, 1.807) is 11.3 Å². The molecule has 0 radical (unpaired) electrons. The first-order valence-electron chi connectivity index (χ1n) is 5.09. The molecule has 3 N–H and O–H groups in total. The maximum absolute atomic E-state index is 5.54. The number of H-pyrrole nitrogens is 1. The van der Waals surface area contributed by atoms with Crippen LogP contribution in [0, 0.1) is 0 Å². The van der Waals surface area contributed by atoms with Gasteiger partial charge < -0.3 is 10.7 Å². The van der Waals surface area contributed by atoms with E-state index in [1.807, 2.05) is 6.20 Å². The lowest BCUT2D eigenvalue weighted by Crippen LogP contribution is -1.97. The lowest BCUT2D eigenvalue weighted by atomic mass is 10.1. The number of nitrogens with two attached hydrogens (primary N) is 1. The van der Waals surface area contributed by atoms with E-state index in [1.165, 1.54) is 15.6 Å². The summed E-state index contributed by atoms with van der Waals surface area (Å²) in [6.45, 7) is 0.446. The highest BCUT2D eigenvalue weighted by Crippen LogP contribution is 2.32. The highest BCUT2D eigenvalue weighted by Gasteiger charge is 2.07. The Hall–Kier alpha value is -1.65. The van der Waals surface area contributed by atoms with Crippen LogP contribution in [0.15, 0.2) is 35.8 Å². The van der Waals surface area contributed by atoms with Crippen LogP contribution in [0.4, 0.5) is 0 Å². The quantitative estimate of drug-likeness (QED) is 0.710. The SMILES string of the molecule is NCc1ncc(-c2csc3ccccc23)[nH]1. The fourth-order valence-corrected chi connectivity index (χ4v) is 2.75. The molecule has 80 valence electrons. The van der Waals surface area contributed by atoms with Crippen molar-refractivity contribution in [1.82, 2.24) is 9.97 Å². The molecular formula is C12H11N3S. The van der Waals surface area contributed by atoms with Crippen molar-refractivity contribution in [1.29, 1.82) is 0 Å². The van der Waals surface area contributed by atoms with Gasteiger partial charge in [-0.2, -0.15) is 0 Å². The van der Waals surface area contributed by atoms with Crippen molar-refractivity contribution in [3.63, 3.8) is 0 Å². The van der Waals surface area contributed by atoms with Crippen LogP contribution in [0.25, 0.3) is 21.3 Å². The van der Waals surface area contributed by atoms with Gasteiger partial charge in [0.1, 0.15) is 5.82 Å². The van der Waals surface area contributed by atoms with E-state index in [9.17, 15) is 0 Å². The van der Waals surface area contributed by atoms with Gasteiger partial charge in [-0.3, -0.25) is 0 Å². The molecule has 0 aliphatic heterocycles. The van der Waals surface area contributed by atoms with E-state index in [4.69, 9.17) is 5.73 Å². The molecular weight excluding hydrogens is 218 g/mol. The van der Waals surface area contributed by atoms with Crippen LogP contribution in [-0.2, 0) is 6.54 Å². The smallest absolute Gasteiger partial charge is 0.120 e. The maximum Gasteiger partial charge on any atom is 0.120 e. The second-order valence-electron chi connectivity index (χ2n) is 3.59. The molecule has 3 rings (SSSR count). The van der Waals surface area contributed by atoms with E-state index in [0.29, 0.717) is 6.54 Å². The lowest BCUT2D eigenvalue weighted by molar-refractivity contribution is 0.951. The standard InChI is InChI=1S/C12H11N3S/c13-5-12-14-6-10(15-12)9-7-16-11-4-2-1-3-8(9)11/h1-4,6-7H,5,13H2,(H,14,15). The van der Waals surface area contributed by atoms with Gasteiger partial charge in [-0.1, -0.05) is 18.2 Å². The van der Waals surface area contributed by atoms with Gasteiger partial charge in [0.25, 0.3) is 0 Å². The number of benzene rings is 1. The molecule has 0 aliphatic rings. The summed E-state index contributed by atoms with van der Waals surface area (Å²) in [5, 5.41) is 3.41. The second-order valence-corrected chi connectivity index (χ2v) is 4.50. The van der Waals surface area contributed by atoms with Crippen LogP contribution in [0.3, 0.4) is 0 Å². The summed E-state index contributed by atoms with van der Waals surface area (Å²) >= 11 is 1.75. The van der Waals surface area contributed by atoms with Crippen molar-refractivity contribution in [2.75, 3.05) is 0 Å². The number of aromatic amines is 1. The zero-order valence-electron chi connectivity index (χ0n) is 8.60. The first-order chi connectivity index (χ1) is 7.88. The summed E-state index contributed by atoms with van der Waals surface area (Å²) in [5.74, 6) is 0.824. The number of nitrogens with zero attached hydrogens (tertiary/aromatic N) is 1. The fraction of sp³-hybridized carbons (Fsp3) is 0.0833. The molecule has 2 aromatic heterocycles. The van der Waals surface area contributed by atoms with Crippen molar-refractivity contribution in [2.24, 2.45) is 5.73 Å². The van der Waals surface area contributed by atoms with Gasteiger partial charge in [-0.15, -0.1) is 11.3 Å². The second kappa shape index (κ2) is 3.73. The fourth-order valence-electron chi connectivity index (χ4n) is 1.79. The Morgan fingerprint density at radius 1 is 1.31 bits per heavy atom. The summed E-state index contributed by atoms with van der Waals surface area (Å²) in [6.07, 6.45) is 1.84. The Labute approximate surface area is 96.9 Å². The molecule has 0 amide bonds. The molecule has 1 aromatic carbocycles. The minimum atomic E-state index is 0.446. The van der Waals surface area contributed by atoms with E-state index < -0.39 is 0 Å². The van der Waals surface area contributed by atoms with Gasteiger partial charge >= 0.3 is 0 Å². The van der Waals surface area contributed by atoms with E-state index >= 15 is 0 Å². The number of aromatic nitrogens is 2. The van der Waals surface area contributed by atoms with Gasteiger partial charge in [0, 0.05) is 21.0 Å². The maximum atomic E-state index is 5.54. The molecule has 3 aromatic rings. The Kier molecular flexibility index (Phi) is 2.23. The molecule has 0 aliphatic carbocycles. The predicted molar refractivity (Wildman–Crippen MR) is 67.3 cm³/mol. The third-order valence-corrected chi connectivity index (χ3v) is 3.56. The average Bonchev–Trinajstić information content (AvgIpc) is 2.94. The molecule has 0 atom stereocenters. The third-order valence-electron chi connectivity index (χ3n) is 2.59. The Morgan fingerprint density at radius 2 is 2.19 bits per heavy atom. The summed E-state index contributed by atoms with van der Waals surface area (Å²) in [7, 11) is 0. The van der Waals surface area contributed by atoms with E-state index in [-0.39, 0.29) is 0 Å². The number of hydrogen-bond acceptors (Lipinski definition) is 3. The molecule has 0 saturated heterocycles. The minimum Gasteiger partial charge on any atom is -0.341 e. The van der Waals surface area contributed by atoms with Crippen molar-refractivity contribution < 1.29 is 0 Å². The number of nitrogens with one attached hydrogen (secondary N) is 1. The first-order valence-corrected chi connectivity index (χ1v) is 5.97. The summed E-state index contributed by atoms with van der Waals surface area (Å²) in [6, 6.07) is 8.37. The zero-order chi connectivity index (χ0) is 11.0. The van der Waals surface area contributed by atoms with Crippen molar-refractivity contribution in [2.45, 2.75) is 6.54 Å². The highest BCUT2D eigenvalue weighted by molar-refractivity contribution is 7.17. The van der Waals surface area contributed by atoms with Crippen LogP contribution < -0.4 is 5.73 Å². The Balaban J connectivity index is 2.18. The summed E-state index contributed by atoms with van der Waals surface area (Å²) in [4.78, 5) is 7.45. The van der Waals surface area contributed by atoms with E-state index in [0.717, 1.165) is 11.5 Å². The molecule has 2 heterocycles. The minimum absolute atomic E-state index is 0.446. The Morgan fingerprint density at radius 3 is 3.00 bits per heavy atom. The number of thiophene rings is 1. The molecule has 0 bridgehead atoms. The Bertz CT molecular complexity index is 624. The van der Waals surface area contributed by atoms with Gasteiger partial charge in [-0.05, 0) is 6.07 Å². The number of hydrogen-bond donors (Lipinski definition) is 2. The van der Waals surface area contributed by atoms with Crippen LogP contribution >= 0.6 is 11.3 Å². The van der Waals surface area contributed by atoms with Crippen LogP contribution in [0.1, 0.15) is 5.82 Å². The largest absolute Gasteiger partial charge is 0.341 e. The molecule has 0 fully saturated rings. The van der Waals surface area contributed by atoms with Gasteiger partial charge in [0.05, 0.1) is 18.4 Å². The lowest BCUT2D eigenvalue weighted by Gasteiger charge is -1.94. The topological polar surface area (TPSA) is 54.7 Å².